The van der Waals surface area contributed by atoms with Crippen molar-refractivity contribution in [3.05, 3.63) is 53.6 Å². The summed E-state index contributed by atoms with van der Waals surface area (Å²) in [6, 6.07) is 12.5. The topological polar surface area (TPSA) is 73.6 Å². The smallest absolute Gasteiger partial charge is 0.255 e. The molecular weight excluding hydrogens is 268 g/mol. The van der Waals surface area contributed by atoms with Gasteiger partial charge in [0, 0.05) is 17.3 Å². The SMILES string of the molecule is C[C@@H](N)c1cccc(NC(=O)c2ccc3c(c2)OCO3)c1. The van der Waals surface area contributed by atoms with Gasteiger partial charge in [-0.25, -0.2) is 0 Å². The first kappa shape index (κ1) is 13.5. The lowest BCUT2D eigenvalue weighted by Gasteiger charge is -2.10. The Morgan fingerprint density at radius 1 is 1.19 bits per heavy atom. The molecule has 2 aromatic carbocycles. The number of carbonyl (C=O) groups is 1. The molecule has 5 nitrogen and oxygen atoms in total. The van der Waals surface area contributed by atoms with Crippen LogP contribution >= 0.6 is 0 Å². The number of nitrogens with two attached hydrogens (primary N) is 1. The van der Waals surface area contributed by atoms with Crippen molar-refractivity contribution in [2.45, 2.75) is 13.0 Å². The van der Waals surface area contributed by atoms with Gasteiger partial charge in [-0.2, -0.15) is 0 Å². The van der Waals surface area contributed by atoms with Crippen LogP contribution < -0.4 is 20.5 Å². The number of carbonyl (C=O) groups excluding carboxylic acids is 1. The summed E-state index contributed by atoms with van der Waals surface area (Å²) in [6.45, 7) is 2.09. The fourth-order valence-corrected chi connectivity index (χ4v) is 2.14. The third-order valence-corrected chi connectivity index (χ3v) is 3.31. The van der Waals surface area contributed by atoms with Crippen molar-refractivity contribution in [2.24, 2.45) is 5.73 Å². The summed E-state index contributed by atoms with van der Waals surface area (Å²) < 4.78 is 10.5. The molecule has 0 bridgehead atoms. The zero-order valence-corrected chi connectivity index (χ0v) is 11.6. The van der Waals surface area contributed by atoms with Crippen molar-refractivity contribution >= 4 is 11.6 Å². The molecule has 0 unspecified atom stereocenters. The first-order valence-electron chi connectivity index (χ1n) is 6.70. The van der Waals surface area contributed by atoms with Gasteiger partial charge in [0.2, 0.25) is 6.79 Å². The van der Waals surface area contributed by atoms with Crippen LogP contribution in [-0.4, -0.2) is 12.7 Å². The van der Waals surface area contributed by atoms with Crippen LogP contribution in [0.5, 0.6) is 11.5 Å². The monoisotopic (exact) mass is 284 g/mol. The van der Waals surface area contributed by atoms with Gasteiger partial charge < -0.3 is 20.5 Å². The minimum atomic E-state index is -0.199. The highest BCUT2D eigenvalue weighted by Gasteiger charge is 2.16. The number of rotatable bonds is 3. The van der Waals surface area contributed by atoms with Gasteiger partial charge in [-0.3, -0.25) is 4.79 Å². The van der Waals surface area contributed by atoms with E-state index in [9.17, 15) is 4.79 Å². The molecule has 108 valence electrons. The number of hydrogen-bond acceptors (Lipinski definition) is 4. The Morgan fingerprint density at radius 2 is 2.00 bits per heavy atom. The minimum absolute atomic E-state index is 0.0765. The molecule has 1 aliphatic heterocycles. The van der Waals surface area contributed by atoms with E-state index in [1.54, 1.807) is 18.2 Å². The highest BCUT2D eigenvalue weighted by molar-refractivity contribution is 6.04. The predicted octanol–water partition coefficient (Wildman–Crippen LogP) is 2.69. The Labute approximate surface area is 122 Å². The van der Waals surface area contributed by atoms with Crippen LogP contribution in [-0.2, 0) is 0 Å². The van der Waals surface area contributed by atoms with Crippen molar-refractivity contribution < 1.29 is 14.3 Å². The molecule has 1 heterocycles. The van der Waals surface area contributed by atoms with E-state index in [1.165, 1.54) is 0 Å². The number of anilines is 1. The van der Waals surface area contributed by atoms with Crippen LogP contribution in [0.15, 0.2) is 42.5 Å². The van der Waals surface area contributed by atoms with E-state index >= 15 is 0 Å². The highest BCUT2D eigenvalue weighted by Crippen LogP contribution is 2.32. The maximum absolute atomic E-state index is 12.3. The van der Waals surface area contributed by atoms with Crippen LogP contribution in [0.2, 0.25) is 0 Å². The average molecular weight is 284 g/mol. The highest BCUT2D eigenvalue weighted by atomic mass is 16.7. The summed E-state index contributed by atoms with van der Waals surface area (Å²) in [6.07, 6.45) is 0. The summed E-state index contributed by atoms with van der Waals surface area (Å²) in [7, 11) is 0. The van der Waals surface area contributed by atoms with Gasteiger partial charge in [0.25, 0.3) is 5.91 Å². The largest absolute Gasteiger partial charge is 0.454 e. The number of benzene rings is 2. The second-order valence-electron chi connectivity index (χ2n) is 4.94. The maximum atomic E-state index is 12.3. The zero-order valence-electron chi connectivity index (χ0n) is 11.6. The normalized spacial score (nSPS) is 13.8. The molecule has 0 radical (unpaired) electrons. The van der Waals surface area contributed by atoms with Gasteiger partial charge in [-0.1, -0.05) is 12.1 Å². The first-order chi connectivity index (χ1) is 10.1. The molecular formula is C16H16N2O3. The summed E-state index contributed by atoms with van der Waals surface area (Å²) in [5.41, 5.74) is 8.05. The van der Waals surface area contributed by atoms with Crippen molar-refractivity contribution in [3.8, 4) is 11.5 Å². The Kier molecular flexibility index (Phi) is 3.50. The molecule has 1 aliphatic rings. The number of hydrogen-bond donors (Lipinski definition) is 2. The molecule has 3 N–H and O–H groups in total. The van der Waals surface area contributed by atoms with Gasteiger partial charge in [-0.05, 0) is 42.8 Å². The van der Waals surface area contributed by atoms with Crippen LogP contribution in [0.1, 0.15) is 28.9 Å². The fourth-order valence-electron chi connectivity index (χ4n) is 2.14. The molecule has 2 aromatic rings. The Morgan fingerprint density at radius 3 is 2.81 bits per heavy atom. The lowest BCUT2D eigenvalue weighted by Crippen LogP contribution is -2.12. The Hall–Kier alpha value is -2.53. The van der Waals surface area contributed by atoms with E-state index < -0.39 is 0 Å². The molecule has 21 heavy (non-hydrogen) atoms. The molecule has 0 saturated carbocycles. The third kappa shape index (κ3) is 2.83. The zero-order chi connectivity index (χ0) is 14.8. The fraction of sp³-hybridized carbons (Fsp3) is 0.188. The van der Waals surface area contributed by atoms with E-state index in [0.29, 0.717) is 22.7 Å². The standard InChI is InChI=1S/C16H16N2O3/c1-10(17)11-3-2-4-13(7-11)18-16(19)12-5-6-14-15(8-12)21-9-20-14/h2-8,10H,9,17H2,1H3,(H,18,19)/t10-/m1/s1. The van der Waals surface area contributed by atoms with Gasteiger partial charge in [0.05, 0.1) is 0 Å². The van der Waals surface area contributed by atoms with E-state index in [1.807, 2.05) is 31.2 Å². The van der Waals surface area contributed by atoms with Gasteiger partial charge in [0.1, 0.15) is 0 Å². The number of fused-ring (bicyclic) bond motifs is 1. The van der Waals surface area contributed by atoms with Crippen molar-refractivity contribution in [1.82, 2.24) is 0 Å². The van der Waals surface area contributed by atoms with E-state index in [2.05, 4.69) is 5.32 Å². The molecule has 0 spiro atoms. The quantitative estimate of drug-likeness (QED) is 0.908. The van der Waals surface area contributed by atoms with Gasteiger partial charge >= 0.3 is 0 Å². The molecule has 0 aliphatic carbocycles. The summed E-state index contributed by atoms with van der Waals surface area (Å²) >= 11 is 0. The molecule has 0 saturated heterocycles. The van der Waals surface area contributed by atoms with Gasteiger partial charge in [-0.15, -0.1) is 0 Å². The van der Waals surface area contributed by atoms with Crippen LogP contribution in [0.4, 0.5) is 5.69 Å². The Balaban J connectivity index is 1.78. The Bertz CT molecular complexity index is 683. The molecule has 3 rings (SSSR count). The van der Waals surface area contributed by atoms with Crippen LogP contribution in [0, 0.1) is 0 Å². The van der Waals surface area contributed by atoms with E-state index in [-0.39, 0.29) is 18.7 Å². The molecule has 1 atom stereocenters. The van der Waals surface area contributed by atoms with E-state index in [0.717, 1.165) is 5.56 Å². The summed E-state index contributed by atoms with van der Waals surface area (Å²) in [5, 5.41) is 2.85. The van der Waals surface area contributed by atoms with Crippen molar-refractivity contribution in [2.75, 3.05) is 12.1 Å². The molecule has 0 aromatic heterocycles. The lowest BCUT2D eigenvalue weighted by atomic mass is 10.1. The maximum Gasteiger partial charge on any atom is 0.255 e. The molecule has 1 amide bonds. The second kappa shape index (κ2) is 5.46. The van der Waals surface area contributed by atoms with Crippen LogP contribution in [0.3, 0.4) is 0 Å². The minimum Gasteiger partial charge on any atom is -0.454 e. The second-order valence-corrected chi connectivity index (χ2v) is 4.94. The number of nitrogens with one attached hydrogen (secondary N) is 1. The number of amides is 1. The van der Waals surface area contributed by atoms with Gasteiger partial charge in [0.15, 0.2) is 11.5 Å². The van der Waals surface area contributed by atoms with E-state index in [4.69, 9.17) is 15.2 Å². The lowest BCUT2D eigenvalue weighted by molar-refractivity contribution is 0.102. The van der Waals surface area contributed by atoms with Crippen LogP contribution in [0.25, 0.3) is 0 Å². The molecule has 5 heteroatoms. The number of ether oxygens (including phenoxy) is 2. The first-order valence-corrected chi connectivity index (χ1v) is 6.70. The summed E-state index contributed by atoms with van der Waals surface area (Å²) in [4.78, 5) is 12.3. The third-order valence-electron chi connectivity index (χ3n) is 3.31. The summed E-state index contributed by atoms with van der Waals surface area (Å²) in [5.74, 6) is 1.05. The molecule has 0 fully saturated rings. The predicted molar refractivity (Wildman–Crippen MR) is 79.6 cm³/mol. The van der Waals surface area contributed by atoms with Crippen molar-refractivity contribution in [3.63, 3.8) is 0 Å². The van der Waals surface area contributed by atoms with Crippen molar-refractivity contribution in [1.29, 1.82) is 0 Å². The average Bonchev–Trinajstić information content (AvgIpc) is 2.94.